The van der Waals surface area contributed by atoms with E-state index in [-0.39, 0.29) is 0 Å². The summed E-state index contributed by atoms with van der Waals surface area (Å²) >= 11 is 3.48. The molecular formula is C16H30N4O16P4S2. The summed E-state index contributed by atoms with van der Waals surface area (Å²) in [4.78, 5) is 98.0. The summed E-state index contributed by atoms with van der Waals surface area (Å²) in [7, 11) is -19.1. The van der Waals surface area contributed by atoms with Crippen LogP contribution in [-0.2, 0) is 31.3 Å². The number of H-pyrrole nitrogens is 2. The standard InChI is InChI=1S/C16H18N4S2.4H3O4P/c1-11-7-17-15(21-11)19-9-13-3-5-14(6-4-13)10-20-16-18-8-12(2)22-16;4*1-5(2,3)4/h3-8H,9-10H2,1-2H3,(H,17,19)(H,18,20);4*(H3,1,2,3,4). The van der Waals surface area contributed by atoms with E-state index < -0.39 is 31.3 Å². The average molecular weight is 722 g/mol. The maximum Gasteiger partial charge on any atom is 0.466 e. The van der Waals surface area contributed by atoms with Crippen LogP contribution < -0.4 is 30.4 Å². The smallest absolute Gasteiger partial charge is 0.466 e. The molecule has 0 aliphatic heterocycles. The molecule has 0 bridgehead atoms. The lowest BCUT2D eigenvalue weighted by atomic mass is 10.1. The second kappa shape index (κ2) is 19.7. The zero-order valence-corrected chi connectivity index (χ0v) is 26.6. The molecule has 0 radical (unpaired) electrons. The van der Waals surface area contributed by atoms with Gasteiger partial charge in [0.15, 0.2) is 0 Å². The highest BCUT2D eigenvalue weighted by atomic mass is 32.1. The van der Waals surface area contributed by atoms with Crippen molar-refractivity contribution < 1.29 is 86.9 Å². The lowest BCUT2D eigenvalue weighted by Crippen LogP contribution is -2.09. The number of benzene rings is 1. The molecule has 0 fully saturated rings. The number of thiazole rings is 2. The predicted molar refractivity (Wildman–Crippen MR) is 145 cm³/mol. The minimum absolute atomic E-state index is 0.835. The maximum absolute atomic E-state index is 8.88. The van der Waals surface area contributed by atoms with Gasteiger partial charge < -0.3 is 58.7 Å². The Kier molecular flexibility index (Phi) is 20.0. The van der Waals surface area contributed by atoms with Gasteiger partial charge in [0, 0.05) is 9.75 Å². The second-order valence-electron chi connectivity index (χ2n) is 7.19. The minimum Gasteiger partial charge on any atom is -0.756 e. The van der Waals surface area contributed by atoms with Crippen LogP contribution in [0.3, 0.4) is 0 Å². The summed E-state index contributed by atoms with van der Waals surface area (Å²) in [5.41, 5.74) is 2.56. The number of aryl methyl sites for hydroxylation is 2. The Hall–Kier alpha value is -1.48. The van der Waals surface area contributed by atoms with Crippen LogP contribution >= 0.6 is 54.0 Å². The van der Waals surface area contributed by atoms with Gasteiger partial charge in [-0.3, -0.25) is 19.8 Å². The van der Waals surface area contributed by atoms with E-state index in [4.69, 9.17) is 77.0 Å². The van der Waals surface area contributed by atoms with Crippen LogP contribution in [0.25, 0.3) is 0 Å². The first-order chi connectivity index (χ1) is 18.7. The van der Waals surface area contributed by atoms with Gasteiger partial charge in [-0.2, -0.15) is 0 Å². The molecule has 0 saturated carbocycles. The Morgan fingerprint density at radius 3 is 1.00 bits per heavy atom. The summed E-state index contributed by atoms with van der Waals surface area (Å²) in [6.07, 6.45) is 4.04. The fourth-order valence-electron chi connectivity index (χ4n) is 2.09. The van der Waals surface area contributed by atoms with Crippen molar-refractivity contribution in [2.75, 3.05) is 10.6 Å². The molecule has 0 atom stereocenters. The Morgan fingerprint density at radius 1 is 0.619 bits per heavy atom. The van der Waals surface area contributed by atoms with E-state index in [9.17, 15) is 0 Å². The van der Waals surface area contributed by atoms with Crippen LogP contribution in [0.2, 0.25) is 0 Å². The van der Waals surface area contributed by atoms with Crippen LogP contribution in [0, 0.1) is 13.8 Å². The van der Waals surface area contributed by atoms with Crippen LogP contribution in [0.4, 0.5) is 10.3 Å². The Balaban J connectivity index is 0. The first-order valence-corrected chi connectivity index (χ1v) is 18.1. The van der Waals surface area contributed by atoms with Crippen molar-refractivity contribution in [3.63, 3.8) is 0 Å². The number of aromatic nitrogens is 2. The monoisotopic (exact) mass is 722 g/mol. The minimum atomic E-state index is -4.89. The third-order valence-corrected chi connectivity index (χ3v) is 5.08. The van der Waals surface area contributed by atoms with Gasteiger partial charge >= 0.3 is 25.9 Å². The van der Waals surface area contributed by atoms with Gasteiger partial charge in [-0.05, 0) is 25.0 Å². The van der Waals surface area contributed by atoms with Crippen molar-refractivity contribution in [1.82, 2.24) is 0 Å². The molecule has 0 aliphatic rings. The van der Waals surface area contributed by atoms with Crippen molar-refractivity contribution in [3.8, 4) is 0 Å². The zero-order valence-electron chi connectivity index (χ0n) is 21.4. The molecule has 14 N–H and O–H groups in total. The van der Waals surface area contributed by atoms with Crippen LogP contribution in [0.1, 0.15) is 20.9 Å². The van der Waals surface area contributed by atoms with E-state index in [1.54, 1.807) is 22.7 Å². The third kappa shape index (κ3) is 40.7. The van der Waals surface area contributed by atoms with E-state index in [1.807, 2.05) is 12.4 Å². The molecule has 0 saturated heterocycles. The molecule has 2 heterocycles. The summed E-state index contributed by atoms with van der Waals surface area (Å²) in [5.74, 6) is 0. The topological polar surface area (TPSA) is 369 Å². The SMILES string of the molecule is Cc1c[nH+]c(NCc2ccc(CNc3[nH+]cc(C)s3)cc2)s1.O=P(O)(O)O.O=P(O)(O)O.O=P([O-])(O)O.O=P([O-])(O)O. The molecule has 0 aliphatic carbocycles. The van der Waals surface area contributed by atoms with E-state index in [0.717, 1.165) is 23.4 Å². The molecule has 0 amide bonds. The molecule has 3 rings (SSSR count). The molecule has 26 heteroatoms. The average Bonchev–Trinajstić information content (AvgIpc) is 3.34. The van der Waals surface area contributed by atoms with Crippen LogP contribution in [0.15, 0.2) is 36.7 Å². The van der Waals surface area contributed by atoms with Gasteiger partial charge in [-0.1, -0.05) is 46.9 Å². The predicted octanol–water partition coefficient (Wildman–Crippen LogP) is -1.70. The largest absolute Gasteiger partial charge is 0.756 e. The van der Waals surface area contributed by atoms with Crippen molar-refractivity contribution in [1.29, 1.82) is 0 Å². The summed E-state index contributed by atoms with van der Waals surface area (Å²) in [6, 6.07) is 8.70. The number of hydrogen-bond donors (Lipinski definition) is 12. The van der Waals surface area contributed by atoms with E-state index in [2.05, 4.69) is 58.7 Å². The van der Waals surface area contributed by atoms with E-state index >= 15 is 0 Å². The normalized spacial score (nSPS) is 11.2. The molecule has 20 nitrogen and oxygen atoms in total. The number of aromatic amines is 2. The quantitative estimate of drug-likeness (QED) is 0.126. The fourth-order valence-corrected chi connectivity index (χ4v) is 3.49. The van der Waals surface area contributed by atoms with Gasteiger partial charge in [-0.15, -0.1) is 0 Å². The Morgan fingerprint density at radius 2 is 0.833 bits per heavy atom. The first-order valence-electron chi connectivity index (χ1n) is 10.3. The molecule has 0 spiro atoms. The fraction of sp³-hybridized carbons (Fsp3) is 0.250. The number of phosphoric acid groups is 4. The second-order valence-corrected chi connectivity index (χ2v) is 13.7. The highest BCUT2D eigenvalue weighted by Gasteiger charge is 2.07. The van der Waals surface area contributed by atoms with Crippen molar-refractivity contribution in [2.24, 2.45) is 0 Å². The summed E-state index contributed by atoms with van der Waals surface area (Å²) < 4.78 is 35.3. The molecule has 42 heavy (non-hydrogen) atoms. The highest BCUT2D eigenvalue weighted by molar-refractivity contribution is 7.45. The maximum atomic E-state index is 8.88. The molecule has 242 valence electrons. The van der Waals surface area contributed by atoms with Crippen molar-refractivity contribution in [2.45, 2.75) is 26.9 Å². The molecule has 3 aromatic rings. The molecule has 1 aromatic carbocycles. The van der Waals surface area contributed by atoms with Gasteiger partial charge in [-0.25, -0.2) is 19.1 Å². The highest BCUT2D eigenvalue weighted by Crippen LogP contribution is 2.26. The van der Waals surface area contributed by atoms with Gasteiger partial charge in [0.05, 0.1) is 0 Å². The number of nitrogens with one attached hydrogen (secondary N) is 4. The lowest BCUT2D eigenvalue weighted by molar-refractivity contribution is -0.355. The number of anilines is 2. The van der Waals surface area contributed by atoms with Crippen molar-refractivity contribution in [3.05, 3.63) is 57.5 Å². The van der Waals surface area contributed by atoms with E-state index in [1.165, 1.54) is 20.9 Å². The number of rotatable bonds is 6. The summed E-state index contributed by atoms with van der Waals surface area (Å²) in [5, 5.41) is 9.02. The van der Waals surface area contributed by atoms with Gasteiger partial charge in [0.1, 0.15) is 25.5 Å². The van der Waals surface area contributed by atoms with Crippen LogP contribution in [0.5, 0.6) is 0 Å². The number of hydrogen-bond acceptors (Lipinski definition) is 10. The van der Waals surface area contributed by atoms with Crippen molar-refractivity contribution >= 4 is 64.2 Å². The third-order valence-electron chi connectivity index (χ3n) is 3.27. The molecular weight excluding hydrogens is 692 g/mol. The van der Waals surface area contributed by atoms with E-state index in [0.29, 0.717) is 0 Å². The molecule has 0 unspecified atom stereocenters. The molecule has 2 aromatic heterocycles. The first kappa shape index (κ1) is 42.7. The Labute approximate surface area is 246 Å². The van der Waals surface area contributed by atoms with Crippen LogP contribution in [-0.4, -0.2) is 48.9 Å². The van der Waals surface area contributed by atoms with Gasteiger partial charge in [0.25, 0.3) is 15.6 Å². The summed E-state index contributed by atoms with van der Waals surface area (Å²) in [6.45, 7) is 5.87. The lowest BCUT2D eigenvalue weighted by Gasteiger charge is -2.01. The Bertz CT molecular complexity index is 1190. The zero-order chi connectivity index (χ0) is 33.4. The van der Waals surface area contributed by atoms with Gasteiger partial charge in [0.2, 0.25) is 0 Å².